The highest BCUT2D eigenvalue weighted by molar-refractivity contribution is 6.74. The van der Waals surface area contributed by atoms with Gasteiger partial charge in [-0.15, -0.1) is 0 Å². The van der Waals surface area contributed by atoms with Crippen LogP contribution in [0.1, 0.15) is 0 Å². The van der Waals surface area contributed by atoms with Gasteiger partial charge in [0.25, 0.3) is 0 Å². The Morgan fingerprint density at radius 2 is 1.16 bits per heavy atom. The molecule has 11 heteroatoms. The summed E-state index contributed by atoms with van der Waals surface area (Å²) < 4.78 is 35.1. The average Bonchev–Trinajstić information content (AvgIpc) is 2.38. The summed E-state index contributed by atoms with van der Waals surface area (Å²) in [7, 11) is 3.09. The second-order valence-corrected chi connectivity index (χ2v) is 11.0. The van der Waals surface area contributed by atoms with Gasteiger partial charge in [0.15, 0.2) is 0 Å². The van der Waals surface area contributed by atoms with Crippen molar-refractivity contribution in [1.82, 2.24) is 0 Å². The molecule has 19 heavy (non-hydrogen) atoms. The van der Waals surface area contributed by atoms with Crippen molar-refractivity contribution in [2.45, 2.75) is 13.1 Å². The number of hydrogen-bond acceptors (Lipinski definition) is 8. The molecular weight excluding hydrogens is 308 g/mol. The molecule has 8 nitrogen and oxygen atoms in total. The maximum Gasteiger partial charge on any atom is 0.669 e. The van der Waals surface area contributed by atoms with Gasteiger partial charge in [0.2, 0.25) is 0 Å². The Morgan fingerprint density at radius 1 is 0.737 bits per heavy atom. The van der Waals surface area contributed by atoms with Crippen molar-refractivity contribution >= 4 is 27.6 Å². The van der Waals surface area contributed by atoms with Crippen molar-refractivity contribution in [2.24, 2.45) is 0 Å². The molecule has 0 aromatic heterocycles. The third-order valence-electron chi connectivity index (χ3n) is 1.64. The maximum atomic E-state index is 5.58. The average molecular weight is 335 g/mol. The Labute approximate surface area is 119 Å². The van der Waals surface area contributed by atoms with Gasteiger partial charge < -0.3 is 26.2 Å². The summed E-state index contributed by atoms with van der Waals surface area (Å²) in [4.78, 5) is 4.58. The molecule has 0 N–H and O–H groups in total. The molecule has 0 spiro atoms. The highest BCUT2D eigenvalue weighted by Gasteiger charge is 2.49. The highest BCUT2D eigenvalue weighted by Crippen LogP contribution is 2.17. The van der Waals surface area contributed by atoms with Crippen LogP contribution >= 0.6 is 0 Å². The van der Waals surface area contributed by atoms with Crippen LogP contribution in [0.4, 0.5) is 0 Å². The molecule has 0 aromatic rings. The first-order valence-corrected chi connectivity index (χ1v) is 11.0. The van der Waals surface area contributed by atoms with E-state index in [0.717, 1.165) is 0 Å². The number of hydrogen-bond donors (Lipinski definition) is 0. The van der Waals surface area contributed by atoms with Gasteiger partial charge >= 0.3 is 27.6 Å². The Hall–Kier alpha value is 0.331. The molecule has 0 unspecified atom stereocenters. The van der Waals surface area contributed by atoms with Crippen molar-refractivity contribution in [3.05, 3.63) is 0 Å². The minimum absolute atomic E-state index is 0.568. The normalized spacial score (nSPS) is 12.0. The van der Waals surface area contributed by atoms with Gasteiger partial charge in [-0.3, -0.25) is 4.58 Å². The molecule has 0 heterocycles. The van der Waals surface area contributed by atoms with Crippen LogP contribution < -0.4 is 0 Å². The Balaban J connectivity index is 0. The fourth-order valence-corrected chi connectivity index (χ4v) is 5.69. The van der Waals surface area contributed by atoms with Crippen LogP contribution in [-0.4, -0.2) is 70.3 Å². The lowest BCUT2D eigenvalue weighted by molar-refractivity contribution is -0.204. The Kier molecular flexibility index (Phi) is 13.8. The van der Waals surface area contributed by atoms with Crippen molar-refractivity contribution in [3.8, 4) is 0 Å². The minimum Gasteiger partial charge on any atom is -0.402 e. The molecule has 0 saturated heterocycles. The zero-order valence-corrected chi connectivity index (χ0v) is 16.4. The molecule has 0 rings (SSSR count). The van der Waals surface area contributed by atoms with Crippen LogP contribution in [0.3, 0.4) is 0 Å². The van der Waals surface area contributed by atoms with Crippen LogP contribution in [0.2, 0.25) is 13.1 Å². The van der Waals surface area contributed by atoms with E-state index in [1.165, 1.54) is 28.4 Å². The summed E-state index contributed by atoms with van der Waals surface area (Å²) >= 11 is 0. The quantitative estimate of drug-likeness (QED) is 0.330. The zero-order valence-electron chi connectivity index (χ0n) is 13.0. The highest BCUT2D eigenvalue weighted by atomic mass is 28.5. The van der Waals surface area contributed by atoms with Crippen molar-refractivity contribution in [3.63, 3.8) is 0 Å². The van der Waals surface area contributed by atoms with Crippen LogP contribution in [0.15, 0.2) is 0 Å². The third kappa shape index (κ3) is 10.7. The Morgan fingerprint density at radius 3 is 1.37 bits per heavy atom. The van der Waals surface area contributed by atoms with E-state index in [9.17, 15) is 0 Å². The molecule has 0 amide bonds. The summed E-state index contributed by atoms with van der Waals surface area (Å²) in [5.74, 6) is 0. The summed E-state index contributed by atoms with van der Waals surface area (Å²) in [6.45, 7) is 3.60. The molecular formula is C8H26O8Si3. The standard InChI is InChI=1S/C6H18O6Si2.C2H8O2Si/c1-7-11-13(5,6)12-14(8-2,9-3)10-4;1-3-5-4-2/h1-6H3;5H2,1-2H3. The van der Waals surface area contributed by atoms with Crippen LogP contribution in [0.5, 0.6) is 0 Å². The summed E-state index contributed by atoms with van der Waals surface area (Å²) in [6.07, 6.45) is 0. The lowest BCUT2D eigenvalue weighted by Gasteiger charge is -2.30. The van der Waals surface area contributed by atoms with E-state index in [1.807, 2.05) is 0 Å². The van der Waals surface area contributed by atoms with Crippen molar-refractivity contribution in [1.29, 1.82) is 0 Å². The minimum atomic E-state index is -3.03. The molecule has 0 bridgehead atoms. The van der Waals surface area contributed by atoms with E-state index in [-0.39, 0.29) is 0 Å². The van der Waals surface area contributed by atoms with Gasteiger partial charge in [-0.1, -0.05) is 0 Å². The first-order valence-electron chi connectivity index (χ1n) is 5.42. The summed E-state index contributed by atoms with van der Waals surface area (Å²) in [6, 6.07) is 0. The molecule has 0 aliphatic heterocycles. The number of rotatable bonds is 9. The van der Waals surface area contributed by atoms with E-state index >= 15 is 0 Å². The van der Waals surface area contributed by atoms with E-state index in [4.69, 9.17) is 22.0 Å². The van der Waals surface area contributed by atoms with E-state index < -0.39 is 27.6 Å². The van der Waals surface area contributed by atoms with E-state index in [2.05, 4.69) is 13.7 Å². The van der Waals surface area contributed by atoms with Gasteiger partial charge in [-0.25, -0.2) is 4.89 Å². The molecule has 0 aromatic carbocycles. The maximum absolute atomic E-state index is 5.58. The topological polar surface area (TPSA) is 73.8 Å². The lowest BCUT2D eigenvalue weighted by Crippen LogP contribution is -2.55. The van der Waals surface area contributed by atoms with Crippen LogP contribution in [-0.2, 0) is 35.7 Å². The molecule has 0 aliphatic carbocycles. The SMILES string of the molecule is COO[Si](C)(C)O[Si](OC)(OC)OC.CO[SiH2]OC. The van der Waals surface area contributed by atoms with Crippen molar-refractivity contribution < 1.29 is 35.7 Å². The molecule has 118 valence electrons. The van der Waals surface area contributed by atoms with Gasteiger partial charge in [-0.2, -0.15) is 0 Å². The largest absolute Gasteiger partial charge is 0.669 e. The molecule has 0 aliphatic rings. The fourth-order valence-electron chi connectivity index (χ4n) is 1.01. The second-order valence-electron chi connectivity index (χ2n) is 3.56. The predicted octanol–water partition coefficient (Wildman–Crippen LogP) is -0.0644. The van der Waals surface area contributed by atoms with E-state index in [1.54, 1.807) is 27.3 Å². The lowest BCUT2D eigenvalue weighted by atomic mass is 11.8. The first kappa shape index (κ1) is 21.6. The third-order valence-corrected chi connectivity index (χ3v) is 7.15. The monoisotopic (exact) mass is 334 g/mol. The van der Waals surface area contributed by atoms with Crippen LogP contribution in [0, 0.1) is 0 Å². The first-order chi connectivity index (χ1) is 8.86. The smallest absolute Gasteiger partial charge is 0.402 e. The zero-order chi connectivity index (χ0) is 15.4. The molecule has 0 fully saturated rings. The van der Waals surface area contributed by atoms with Crippen LogP contribution in [0.25, 0.3) is 0 Å². The summed E-state index contributed by atoms with van der Waals surface area (Å²) in [5.41, 5.74) is 0. The Bertz CT molecular complexity index is 192. The summed E-state index contributed by atoms with van der Waals surface area (Å²) in [5, 5.41) is 0. The second kappa shape index (κ2) is 12.1. The van der Waals surface area contributed by atoms with Gasteiger partial charge in [0, 0.05) is 35.5 Å². The predicted molar refractivity (Wildman–Crippen MR) is 76.0 cm³/mol. The van der Waals surface area contributed by atoms with Crippen molar-refractivity contribution in [2.75, 3.05) is 42.7 Å². The van der Waals surface area contributed by atoms with Gasteiger partial charge in [-0.05, 0) is 13.1 Å². The van der Waals surface area contributed by atoms with E-state index in [0.29, 0.717) is 0 Å². The van der Waals surface area contributed by atoms with Gasteiger partial charge in [0.1, 0.15) is 0 Å². The molecule has 0 atom stereocenters. The van der Waals surface area contributed by atoms with Gasteiger partial charge in [0.05, 0.1) is 7.11 Å². The molecule has 0 saturated carbocycles. The fraction of sp³-hybridized carbons (Fsp3) is 1.00. The molecule has 0 radical (unpaired) electrons.